The molecule has 16 heavy (non-hydrogen) atoms. The van der Waals surface area contributed by atoms with Crippen LogP contribution >= 0.6 is 0 Å². The second-order valence-electron chi connectivity index (χ2n) is 4.23. The molecule has 0 N–H and O–H groups in total. The van der Waals surface area contributed by atoms with Crippen molar-refractivity contribution in [1.29, 1.82) is 0 Å². The maximum Gasteiger partial charge on any atom is -1.00 e. The van der Waals surface area contributed by atoms with Crippen LogP contribution in [0, 0.1) is 5.92 Å². The fourth-order valence-electron chi connectivity index (χ4n) is 2.82. The van der Waals surface area contributed by atoms with E-state index in [1.165, 1.54) is 32.1 Å². The van der Waals surface area contributed by atoms with Crippen LogP contribution in [0.1, 0.15) is 46.0 Å². The van der Waals surface area contributed by atoms with E-state index in [0.29, 0.717) is 0 Å². The smallest absolute Gasteiger partial charge is 1.00 e. The van der Waals surface area contributed by atoms with Gasteiger partial charge in [0.25, 0.3) is 0 Å². The first kappa shape index (κ1) is 19.4. The number of rotatable bonds is 1. The van der Waals surface area contributed by atoms with Crippen LogP contribution in [0.3, 0.4) is 0 Å². The fraction of sp³-hybridized carbons (Fsp3) is 0.667. The zero-order chi connectivity index (χ0) is 9.42. The van der Waals surface area contributed by atoms with E-state index < -0.39 is 0 Å². The molecular formula is C12H17Cl3Ti. The first-order valence-corrected chi connectivity index (χ1v) is 6.18. The normalized spacial score (nSPS) is 23.1. The average Bonchev–Trinajstić information content (AvgIpc) is 2.41. The van der Waals surface area contributed by atoms with Crippen molar-refractivity contribution in [3.63, 3.8) is 0 Å². The quantitative estimate of drug-likeness (QED) is 0.424. The Morgan fingerprint density at radius 1 is 1.12 bits per heavy atom. The van der Waals surface area contributed by atoms with Gasteiger partial charge >= 0.3 is 92.9 Å². The summed E-state index contributed by atoms with van der Waals surface area (Å²) in [6.45, 7) is 4.66. The second kappa shape index (κ2) is 8.22. The predicted octanol–water partition coefficient (Wildman–Crippen LogP) is -5.27. The Hall–Kier alpha value is 1.06. The molecule has 0 saturated heterocycles. The van der Waals surface area contributed by atoms with Gasteiger partial charge in [-0.3, -0.25) is 0 Å². The fourth-order valence-corrected chi connectivity index (χ4v) is 3.54. The largest absolute Gasteiger partial charge is 1.00 e. The van der Waals surface area contributed by atoms with E-state index in [2.05, 4.69) is 34.3 Å². The van der Waals surface area contributed by atoms with Crippen molar-refractivity contribution < 1.29 is 57.7 Å². The molecule has 0 saturated carbocycles. The van der Waals surface area contributed by atoms with Crippen LogP contribution in [0.5, 0.6) is 0 Å². The standard InChI is InChI=1S/C12H17.3ClH.Ti/c1-3-11-9(2)8-10-6-4-5-7-12(10)11;;;;/h11H,3-7H2,1-2H3;3*1H;/q;;;;+3/p-3. The summed E-state index contributed by atoms with van der Waals surface area (Å²) >= 11 is 2.33. The first-order valence-electron chi connectivity index (χ1n) is 5.40. The second-order valence-corrected chi connectivity index (χ2v) is 5.01. The van der Waals surface area contributed by atoms with Crippen molar-refractivity contribution in [2.24, 2.45) is 5.92 Å². The Bertz CT molecular complexity index is 295. The topological polar surface area (TPSA) is 0 Å². The van der Waals surface area contributed by atoms with Gasteiger partial charge in [-0.25, -0.2) is 0 Å². The average molecular weight is 315 g/mol. The maximum atomic E-state index is 2.34. The molecule has 0 fully saturated rings. The monoisotopic (exact) mass is 314 g/mol. The van der Waals surface area contributed by atoms with Crippen LogP contribution in [0.4, 0.5) is 0 Å². The molecule has 0 heterocycles. The Morgan fingerprint density at radius 3 is 2.25 bits per heavy atom. The minimum atomic E-state index is 0. The van der Waals surface area contributed by atoms with Gasteiger partial charge in [0, 0.05) is 0 Å². The number of halogens is 3. The van der Waals surface area contributed by atoms with E-state index >= 15 is 0 Å². The van der Waals surface area contributed by atoms with Gasteiger partial charge in [-0.2, -0.15) is 0 Å². The van der Waals surface area contributed by atoms with Crippen LogP contribution in [0.2, 0.25) is 0 Å². The van der Waals surface area contributed by atoms with Gasteiger partial charge in [0.15, 0.2) is 0 Å². The van der Waals surface area contributed by atoms with Gasteiger partial charge in [0.05, 0.1) is 0 Å². The van der Waals surface area contributed by atoms with Crippen LogP contribution in [-0.4, -0.2) is 0 Å². The number of hydrogen-bond donors (Lipinski definition) is 0. The molecule has 4 heteroatoms. The molecule has 0 radical (unpaired) electrons. The van der Waals surface area contributed by atoms with E-state index in [9.17, 15) is 0 Å². The molecule has 0 nitrogen and oxygen atoms in total. The van der Waals surface area contributed by atoms with E-state index in [0.717, 1.165) is 5.92 Å². The van der Waals surface area contributed by atoms with Crippen molar-refractivity contribution in [2.45, 2.75) is 46.0 Å². The molecule has 1 atom stereocenters. The molecule has 0 aromatic carbocycles. The molecule has 1 unspecified atom stereocenters. The summed E-state index contributed by atoms with van der Waals surface area (Å²) in [6.07, 6.45) is 6.88. The van der Waals surface area contributed by atoms with Crippen LogP contribution in [-0.2, 0) is 20.4 Å². The number of hydrogen-bond acceptors (Lipinski definition) is 0. The van der Waals surface area contributed by atoms with Gasteiger partial charge < -0.3 is 37.2 Å². The zero-order valence-corrected chi connectivity index (χ0v) is 13.6. The van der Waals surface area contributed by atoms with Gasteiger partial charge in [-0.15, -0.1) is 0 Å². The van der Waals surface area contributed by atoms with Crippen LogP contribution < -0.4 is 37.2 Å². The Morgan fingerprint density at radius 2 is 1.69 bits per heavy atom. The van der Waals surface area contributed by atoms with E-state index in [4.69, 9.17) is 0 Å². The minimum absolute atomic E-state index is 0. The minimum Gasteiger partial charge on any atom is -1.00 e. The Labute approximate surface area is 129 Å². The van der Waals surface area contributed by atoms with Crippen LogP contribution in [0.15, 0.2) is 20.6 Å². The number of allylic oxidation sites excluding steroid dienone is 4. The third kappa shape index (κ3) is 3.30. The molecule has 90 valence electrons. The summed E-state index contributed by atoms with van der Waals surface area (Å²) in [6, 6.07) is 0. The molecule has 2 rings (SSSR count). The SMILES string of the molecule is CCC1C(C)=[C]([Ti+3])C2=C1CCCC2.[Cl-].[Cl-].[Cl-]. The molecule has 0 spiro atoms. The first-order chi connectivity index (χ1) is 6.25. The van der Waals surface area contributed by atoms with Gasteiger partial charge in [-0.05, 0) is 0 Å². The molecule has 2 aliphatic rings. The molecule has 0 aliphatic heterocycles. The van der Waals surface area contributed by atoms with Crippen molar-refractivity contribution in [1.82, 2.24) is 0 Å². The Balaban J connectivity index is 0. The predicted molar refractivity (Wildman–Crippen MR) is 52.0 cm³/mol. The molecule has 0 amide bonds. The van der Waals surface area contributed by atoms with E-state index in [-0.39, 0.29) is 37.2 Å². The summed E-state index contributed by atoms with van der Waals surface area (Å²) < 4.78 is 1.63. The van der Waals surface area contributed by atoms with Gasteiger partial charge in [0.1, 0.15) is 0 Å². The van der Waals surface area contributed by atoms with E-state index in [1.807, 2.05) is 0 Å². The molecule has 0 aromatic heterocycles. The van der Waals surface area contributed by atoms with E-state index in [1.54, 1.807) is 20.6 Å². The van der Waals surface area contributed by atoms with Crippen molar-refractivity contribution in [3.8, 4) is 0 Å². The summed E-state index contributed by atoms with van der Waals surface area (Å²) in [4.78, 5) is 0. The molecular weight excluding hydrogens is 298 g/mol. The Kier molecular flexibility index (Phi) is 9.96. The summed E-state index contributed by atoms with van der Waals surface area (Å²) in [5.41, 5.74) is 5.19. The third-order valence-corrected chi connectivity index (χ3v) is 4.65. The summed E-state index contributed by atoms with van der Waals surface area (Å²) in [7, 11) is 0. The van der Waals surface area contributed by atoms with Crippen molar-refractivity contribution >= 4 is 0 Å². The molecule has 0 bridgehead atoms. The van der Waals surface area contributed by atoms with Gasteiger partial charge in [-0.1, -0.05) is 0 Å². The summed E-state index contributed by atoms with van der Waals surface area (Å²) in [5.74, 6) is 0.815. The molecule has 0 aromatic rings. The van der Waals surface area contributed by atoms with Gasteiger partial charge in [0.2, 0.25) is 0 Å². The van der Waals surface area contributed by atoms with Crippen molar-refractivity contribution in [3.05, 3.63) is 20.6 Å². The zero-order valence-electron chi connectivity index (χ0n) is 9.75. The van der Waals surface area contributed by atoms with Crippen LogP contribution in [0.25, 0.3) is 0 Å². The maximum absolute atomic E-state index is 2.34. The third-order valence-electron chi connectivity index (χ3n) is 3.56. The molecule has 2 aliphatic carbocycles. The van der Waals surface area contributed by atoms with Crippen molar-refractivity contribution in [2.75, 3.05) is 0 Å². The summed E-state index contributed by atoms with van der Waals surface area (Å²) in [5, 5.41) is 0.